The van der Waals surface area contributed by atoms with Gasteiger partial charge in [-0.2, -0.15) is 0 Å². The molecule has 0 aliphatic heterocycles. The summed E-state index contributed by atoms with van der Waals surface area (Å²) in [6.45, 7) is 0. The maximum Gasteiger partial charge on any atom is 0.277 e. The third-order valence-electron chi connectivity index (χ3n) is 3.05. The van der Waals surface area contributed by atoms with E-state index in [0.29, 0.717) is 32.8 Å². The van der Waals surface area contributed by atoms with E-state index in [0.717, 1.165) is 11.8 Å². The smallest absolute Gasteiger partial charge is 0.277 e. The molecule has 124 valence electrons. The molecule has 0 fully saturated rings. The number of carbonyl (C=O) groups is 1. The summed E-state index contributed by atoms with van der Waals surface area (Å²) >= 11 is 7.01. The lowest BCUT2D eigenvalue weighted by atomic mass is 10.3. The number of imidazole rings is 1. The molecular formula is C14H12ClN5O3S. The third kappa shape index (κ3) is 3.52. The van der Waals surface area contributed by atoms with Crippen LogP contribution in [0.4, 0.5) is 5.69 Å². The van der Waals surface area contributed by atoms with Gasteiger partial charge >= 0.3 is 0 Å². The van der Waals surface area contributed by atoms with Crippen molar-refractivity contribution in [2.24, 2.45) is 0 Å². The molecule has 0 saturated heterocycles. The molecule has 0 atom stereocenters. The minimum absolute atomic E-state index is 0.0501. The number of nitrogens with zero attached hydrogens (tertiary/aromatic N) is 2. The van der Waals surface area contributed by atoms with Crippen molar-refractivity contribution < 1.29 is 9.53 Å². The van der Waals surface area contributed by atoms with Crippen LogP contribution >= 0.6 is 23.4 Å². The number of ether oxygens (including phenoxy) is 1. The van der Waals surface area contributed by atoms with Crippen molar-refractivity contribution in [1.29, 1.82) is 0 Å². The van der Waals surface area contributed by atoms with Crippen LogP contribution in [0.25, 0.3) is 11.2 Å². The van der Waals surface area contributed by atoms with Crippen LogP contribution in [0.3, 0.4) is 0 Å². The van der Waals surface area contributed by atoms with E-state index in [1.807, 2.05) is 0 Å². The number of aromatic nitrogens is 4. The first-order chi connectivity index (χ1) is 11.6. The summed E-state index contributed by atoms with van der Waals surface area (Å²) in [6.07, 6.45) is 1.39. The molecule has 10 heteroatoms. The Bertz CT molecular complexity index is 955. The number of halogens is 1. The van der Waals surface area contributed by atoms with Gasteiger partial charge in [-0.3, -0.25) is 14.6 Å². The Balaban J connectivity index is 1.69. The van der Waals surface area contributed by atoms with Crippen molar-refractivity contribution in [1.82, 2.24) is 19.9 Å². The van der Waals surface area contributed by atoms with E-state index in [4.69, 9.17) is 16.3 Å². The van der Waals surface area contributed by atoms with Crippen molar-refractivity contribution in [3.8, 4) is 5.75 Å². The molecule has 3 rings (SSSR count). The maximum atomic E-state index is 12.1. The van der Waals surface area contributed by atoms with Crippen molar-refractivity contribution in [2.45, 2.75) is 5.16 Å². The second-order valence-corrected chi connectivity index (χ2v) is 6.05. The largest absolute Gasteiger partial charge is 0.495 e. The Morgan fingerprint density at radius 2 is 2.29 bits per heavy atom. The van der Waals surface area contributed by atoms with Crippen molar-refractivity contribution >= 4 is 46.1 Å². The minimum atomic E-state index is -0.336. The normalized spacial score (nSPS) is 10.8. The fourth-order valence-electron chi connectivity index (χ4n) is 1.99. The molecule has 8 nitrogen and oxygen atoms in total. The number of H-pyrrole nitrogens is 2. The van der Waals surface area contributed by atoms with Crippen LogP contribution in [0.5, 0.6) is 5.75 Å². The van der Waals surface area contributed by atoms with Crippen LogP contribution in [0.2, 0.25) is 5.02 Å². The lowest BCUT2D eigenvalue weighted by Crippen LogP contribution is -2.16. The van der Waals surface area contributed by atoms with Gasteiger partial charge in [0.15, 0.2) is 16.3 Å². The standard InChI is InChI=1S/C14H12ClN5O3S/c1-23-9-3-2-7(15)4-8(9)18-10(21)5-24-14-19-12-11(13(22)20-14)16-6-17-12/h2-4,6H,5H2,1H3,(H,18,21)(H2,16,17,19,20,22). The average Bonchev–Trinajstić information content (AvgIpc) is 3.02. The van der Waals surface area contributed by atoms with E-state index in [1.54, 1.807) is 18.2 Å². The van der Waals surface area contributed by atoms with Gasteiger partial charge in [0.2, 0.25) is 5.91 Å². The molecule has 3 N–H and O–H groups in total. The first-order valence-corrected chi connectivity index (χ1v) is 8.13. The van der Waals surface area contributed by atoms with Gasteiger partial charge in [-0.1, -0.05) is 23.4 Å². The number of thioether (sulfide) groups is 1. The van der Waals surface area contributed by atoms with Gasteiger partial charge in [-0.15, -0.1) is 0 Å². The number of methoxy groups -OCH3 is 1. The SMILES string of the molecule is COc1ccc(Cl)cc1NC(=O)CSc1nc2nc[nH]c2c(=O)[nH]1. The number of rotatable bonds is 5. The number of hydrogen-bond donors (Lipinski definition) is 3. The molecule has 2 heterocycles. The predicted molar refractivity (Wildman–Crippen MR) is 91.9 cm³/mol. The highest BCUT2D eigenvalue weighted by atomic mass is 35.5. The Labute approximate surface area is 145 Å². The molecule has 3 aromatic rings. The second-order valence-electron chi connectivity index (χ2n) is 4.65. The molecule has 0 saturated carbocycles. The van der Waals surface area contributed by atoms with E-state index in [1.165, 1.54) is 13.4 Å². The molecule has 1 aromatic carbocycles. The molecular weight excluding hydrogens is 354 g/mol. The zero-order chi connectivity index (χ0) is 17.1. The van der Waals surface area contributed by atoms with E-state index in [2.05, 4.69) is 25.3 Å². The number of amides is 1. The molecule has 24 heavy (non-hydrogen) atoms. The zero-order valence-electron chi connectivity index (χ0n) is 12.4. The van der Waals surface area contributed by atoms with Gasteiger partial charge in [-0.05, 0) is 18.2 Å². The molecule has 0 spiro atoms. The lowest BCUT2D eigenvalue weighted by Gasteiger charge is -2.10. The van der Waals surface area contributed by atoms with Crippen molar-refractivity contribution in [3.63, 3.8) is 0 Å². The lowest BCUT2D eigenvalue weighted by molar-refractivity contribution is -0.113. The number of anilines is 1. The van der Waals surface area contributed by atoms with Gasteiger partial charge in [-0.25, -0.2) is 9.97 Å². The maximum absolute atomic E-state index is 12.1. The van der Waals surface area contributed by atoms with E-state index in [-0.39, 0.29) is 17.2 Å². The highest BCUT2D eigenvalue weighted by Crippen LogP contribution is 2.28. The number of fused-ring (bicyclic) bond motifs is 1. The molecule has 0 unspecified atom stereocenters. The molecule has 0 aliphatic rings. The minimum Gasteiger partial charge on any atom is -0.495 e. The number of aromatic amines is 2. The fourth-order valence-corrected chi connectivity index (χ4v) is 2.82. The first-order valence-electron chi connectivity index (χ1n) is 6.76. The Hall–Kier alpha value is -2.52. The summed E-state index contributed by atoms with van der Waals surface area (Å²) in [5.41, 5.74) is 0.738. The molecule has 1 amide bonds. The summed E-state index contributed by atoms with van der Waals surface area (Å²) in [7, 11) is 1.50. The van der Waals surface area contributed by atoms with Crippen LogP contribution < -0.4 is 15.6 Å². The Kier molecular flexibility index (Phi) is 4.72. The summed E-state index contributed by atoms with van der Waals surface area (Å²) in [4.78, 5) is 37.3. The van der Waals surface area contributed by atoms with Crippen LogP contribution in [-0.2, 0) is 4.79 Å². The summed E-state index contributed by atoms with van der Waals surface area (Å²) in [5, 5.41) is 3.50. The highest BCUT2D eigenvalue weighted by Gasteiger charge is 2.11. The summed E-state index contributed by atoms with van der Waals surface area (Å²) in [6, 6.07) is 4.92. The van der Waals surface area contributed by atoms with Crippen LogP contribution in [0.1, 0.15) is 0 Å². The van der Waals surface area contributed by atoms with Crippen molar-refractivity contribution in [2.75, 3.05) is 18.2 Å². The number of carbonyl (C=O) groups excluding carboxylic acids is 1. The van der Waals surface area contributed by atoms with Gasteiger partial charge < -0.3 is 15.0 Å². The highest BCUT2D eigenvalue weighted by molar-refractivity contribution is 7.99. The quantitative estimate of drug-likeness (QED) is 0.471. The first kappa shape index (κ1) is 16.3. The van der Waals surface area contributed by atoms with E-state index in [9.17, 15) is 9.59 Å². The van der Waals surface area contributed by atoms with Crippen molar-refractivity contribution in [3.05, 3.63) is 39.9 Å². The van der Waals surface area contributed by atoms with Gasteiger partial charge in [0.25, 0.3) is 5.56 Å². The number of hydrogen-bond acceptors (Lipinski definition) is 6. The fraction of sp³-hybridized carbons (Fsp3) is 0.143. The molecule has 0 aliphatic carbocycles. The zero-order valence-corrected chi connectivity index (χ0v) is 14.0. The Morgan fingerprint density at radius 3 is 3.08 bits per heavy atom. The third-order valence-corrected chi connectivity index (χ3v) is 4.16. The van der Waals surface area contributed by atoms with E-state index >= 15 is 0 Å². The van der Waals surface area contributed by atoms with Crippen LogP contribution in [0.15, 0.2) is 34.5 Å². The summed E-state index contributed by atoms with van der Waals surface area (Å²) < 4.78 is 5.17. The Morgan fingerprint density at radius 1 is 1.46 bits per heavy atom. The monoisotopic (exact) mass is 365 g/mol. The molecule has 0 radical (unpaired) electrons. The topological polar surface area (TPSA) is 113 Å². The van der Waals surface area contributed by atoms with Gasteiger partial charge in [0.05, 0.1) is 24.9 Å². The average molecular weight is 366 g/mol. The second kappa shape index (κ2) is 6.93. The molecule has 0 bridgehead atoms. The molecule has 2 aromatic heterocycles. The number of benzene rings is 1. The summed E-state index contributed by atoms with van der Waals surface area (Å²) in [5.74, 6) is 0.265. The van der Waals surface area contributed by atoms with Crippen LogP contribution in [0, 0.1) is 0 Å². The van der Waals surface area contributed by atoms with E-state index < -0.39 is 0 Å². The predicted octanol–water partition coefficient (Wildman–Crippen LogP) is 2.04. The van der Waals surface area contributed by atoms with Gasteiger partial charge in [0, 0.05) is 5.02 Å². The van der Waals surface area contributed by atoms with Crippen LogP contribution in [-0.4, -0.2) is 38.7 Å². The van der Waals surface area contributed by atoms with Gasteiger partial charge in [0.1, 0.15) is 5.75 Å². The number of nitrogens with one attached hydrogen (secondary N) is 3.